The summed E-state index contributed by atoms with van der Waals surface area (Å²) in [6.45, 7) is 4.64. The summed E-state index contributed by atoms with van der Waals surface area (Å²) in [4.78, 5) is 1.46. The molecule has 0 bridgehead atoms. The minimum absolute atomic E-state index is 0.528. The number of hydrogen-bond donors (Lipinski definition) is 1. The maximum atomic E-state index is 3.74. The fraction of sp³-hybridized carbons (Fsp3) is 0.667. The van der Waals surface area contributed by atoms with Crippen LogP contribution < -0.4 is 5.32 Å². The van der Waals surface area contributed by atoms with E-state index in [0.717, 1.165) is 12.0 Å². The topological polar surface area (TPSA) is 12.0 Å². The van der Waals surface area contributed by atoms with Crippen LogP contribution in [0.15, 0.2) is 17.5 Å². The van der Waals surface area contributed by atoms with Crippen molar-refractivity contribution >= 4 is 11.3 Å². The minimum atomic E-state index is 0.528. The molecule has 1 aliphatic rings. The second-order valence-corrected chi connectivity index (χ2v) is 5.40. The molecule has 1 fully saturated rings. The third-order valence-electron chi connectivity index (χ3n) is 3.30. The largest absolute Gasteiger partial charge is 0.306 e. The minimum Gasteiger partial charge on any atom is -0.306 e. The van der Waals surface area contributed by atoms with Gasteiger partial charge in [-0.2, -0.15) is 0 Å². The molecule has 0 amide bonds. The van der Waals surface area contributed by atoms with E-state index >= 15 is 0 Å². The zero-order chi connectivity index (χ0) is 9.97. The summed E-state index contributed by atoms with van der Waals surface area (Å²) >= 11 is 1.85. The van der Waals surface area contributed by atoms with Crippen molar-refractivity contribution in [3.8, 4) is 0 Å². The van der Waals surface area contributed by atoms with E-state index in [4.69, 9.17) is 0 Å². The number of hydrogen-bond acceptors (Lipinski definition) is 2. The monoisotopic (exact) mass is 209 g/mol. The van der Waals surface area contributed by atoms with E-state index in [1.165, 1.54) is 24.1 Å². The van der Waals surface area contributed by atoms with Crippen LogP contribution >= 0.6 is 11.3 Å². The fourth-order valence-electron chi connectivity index (χ4n) is 2.33. The van der Waals surface area contributed by atoms with Crippen molar-refractivity contribution in [3.63, 3.8) is 0 Å². The highest BCUT2D eigenvalue weighted by Crippen LogP contribution is 2.28. The molecule has 1 aromatic heterocycles. The van der Waals surface area contributed by atoms with Gasteiger partial charge in [-0.15, -0.1) is 11.3 Å². The van der Waals surface area contributed by atoms with Gasteiger partial charge in [-0.3, -0.25) is 0 Å². The average molecular weight is 209 g/mol. The molecule has 1 heterocycles. The summed E-state index contributed by atoms with van der Waals surface area (Å²) in [7, 11) is 0. The van der Waals surface area contributed by atoms with Gasteiger partial charge in [0.1, 0.15) is 0 Å². The summed E-state index contributed by atoms with van der Waals surface area (Å²) in [5, 5.41) is 5.90. The van der Waals surface area contributed by atoms with Gasteiger partial charge in [0.15, 0.2) is 0 Å². The molecular formula is C12H19NS. The third-order valence-corrected chi connectivity index (χ3v) is 4.35. The summed E-state index contributed by atoms with van der Waals surface area (Å²) in [5.41, 5.74) is 0. The summed E-state index contributed by atoms with van der Waals surface area (Å²) in [6.07, 6.45) is 4.15. The van der Waals surface area contributed by atoms with Gasteiger partial charge in [0.05, 0.1) is 0 Å². The van der Waals surface area contributed by atoms with Gasteiger partial charge < -0.3 is 5.32 Å². The molecule has 1 saturated carbocycles. The van der Waals surface area contributed by atoms with E-state index in [1.807, 2.05) is 11.3 Å². The van der Waals surface area contributed by atoms with Crippen LogP contribution in [0, 0.1) is 5.92 Å². The molecule has 0 aliphatic heterocycles. The van der Waals surface area contributed by atoms with E-state index in [2.05, 4.69) is 36.7 Å². The van der Waals surface area contributed by atoms with Crippen LogP contribution in [0.25, 0.3) is 0 Å². The number of thiophene rings is 1. The third kappa shape index (κ3) is 2.18. The lowest BCUT2D eigenvalue weighted by atomic mass is 10.1. The molecule has 1 N–H and O–H groups in total. The van der Waals surface area contributed by atoms with Crippen molar-refractivity contribution in [1.29, 1.82) is 0 Å². The molecule has 0 aromatic carbocycles. The molecular weight excluding hydrogens is 190 g/mol. The molecule has 0 spiro atoms. The van der Waals surface area contributed by atoms with E-state index < -0.39 is 0 Å². The molecule has 2 rings (SSSR count). The first-order chi connectivity index (χ1) is 6.77. The van der Waals surface area contributed by atoms with Crippen LogP contribution in [0.2, 0.25) is 0 Å². The lowest BCUT2D eigenvalue weighted by molar-refractivity contribution is 0.391. The Morgan fingerprint density at radius 1 is 1.50 bits per heavy atom. The van der Waals surface area contributed by atoms with Crippen molar-refractivity contribution in [2.75, 3.05) is 0 Å². The van der Waals surface area contributed by atoms with Crippen molar-refractivity contribution < 1.29 is 0 Å². The Kier molecular flexibility index (Phi) is 3.24. The number of nitrogens with one attached hydrogen (secondary N) is 1. The second kappa shape index (κ2) is 4.45. The highest BCUT2D eigenvalue weighted by Gasteiger charge is 2.24. The lowest BCUT2D eigenvalue weighted by Gasteiger charge is -2.22. The quantitative estimate of drug-likeness (QED) is 0.802. The van der Waals surface area contributed by atoms with Gasteiger partial charge in [0.2, 0.25) is 0 Å². The first kappa shape index (κ1) is 10.2. The molecule has 1 aromatic rings. The first-order valence-corrected chi connectivity index (χ1v) is 6.45. The van der Waals surface area contributed by atoms with Crippen LogP contribution in [0.4, 0.5) is 0 Å². The first-order valence-electron chi connectivity index (χ1n) is 5.57. The molecule has 78 valence electrons. The second-order valence-electron chi connectivity index (χ2n) is 4.42. The van der Waals surface area contributed by atoms with Gasteiger partial charge in [-0.25, -0.2) is 0 Å². The van der Waals surface area contributed by atoms with Crippen LogP contribution in [-0.2, 0) is 0 Å². The Bertz CT molecular complexity index is 268. The van der Waals surface area contributed by atoms with E-state index in [1.54, 1.807) is 0 Å². The molecule has 3 unspecified atom stereocenters. The number of rotatable bonds is 3. The van der Waals surface area contributed by atoms with Crippen molar-refractivity contribution in [2.45, 2.75) is 45.2 Å². The van der Waals surface area contributed by atoms with Crippen LogP contribution in [0.3, 0.4) is 0 Å². The Balaban J connectivity index is 1.91. The average Bonchev–Trinajstić information content (AvgIpc) is 2.77. The van der Waals surface area contributed by atoms with Crippen molar-refractivity contribution in [2.24, 2.45) is 5.92 Å². The van der Waals surface area contributed by atoms with Gasteiger partial charge in [-0.05, 0) is 37.1 Å². The lowest BCUT2D eigenvalue weighted by Crippen LogP contribution is -2.32. The summed E-state index contributed by atoms with van der Waals surface area (Å²) < 4.78 is 0. The van der Waals surface area contributed by atoms with Gasteiger partial charge in [0.25, 0.3) is 0 Å². The Morgan fingerprint density at radius 2 is 2.36 bits per heavy atom. The van der Waals surface area contributed by atoms with Crippen LogP contribution in [0.5, 0.6) is 0 Å². The zero-order valence-corrected chi connectivity index (χ0v) is 9.81. The van der Waals surface area contributed by atoms with Crippen molar-refractivity contribution in [3.05, 3.63) is 22.4 Å². The fourth-order valence-corrected chi connectivity index (χ4v) is 3.08. The Hall–Kier alpha value is -0.340. The molecule has 3 atom stereocenters. The molecule has 1 aliphatic carbocycles. The predicted octanol–water partition coefficient (Wildman–Crippen LogP) is 3.59. The molecule has 1 nitrogen and oxygen atoms in total. The normalized spacial score (nSPS) is 29.3. The smallest absolute Gasteiger partial charge is 0.0388 e. The van der Waals surface area contributed by atoms with Gasteiger partial charge in [0, 0.05) is 17.0 Å². The summed E-state index contributed by atoms with van der Waals surface area (Å²) in [5.74, 6) is 0.859. The highest BCUT2D eigenvalue weighted by molar-refractivity contribution is 7.10. The van der Waals surface area contributed by atoms with E-state index in [9.17, 15) is 0 Å². The highest BCUT2D eigenvalue weighted by atomic mass is 32.1. The maximum absolute atomic E-state index is 3.74. The van der Waals surface area contributed by atoms with Crippen molar-refractivity contribution in [1.82, 2.24) is 5.32 Å². The summed E-state index contributed by atoms with van der Waals surface area (Å²) in [6, 6.07) is 5.63. The van der Waals surface area contributed by atoms with E-state index in [-0.39, 0.29) is 0 Å². The maximum Gasteiger partial charge on any atom is 0.0388 e. The molecule has 0 saturated heterocycles. The predicted molar refractivity (Wildman–Crippen MR) is 62.7 cm³/mol. The van der Waals surface area contributed by atoms with Crippen LogP contribution in [-0.4, -0.2) is 6.04 Å². The Morgan fingerprint density at radius 3 is 2.93 bits per heavy atom. The molecule has 2 heteroatoms. The zero-order valence-electron chi connectivity index (χ0n) is 8.99. The van der Waals surface area contributed by atoms with Crippen LogP contribution in [0.1, 0.15) is 44.0 Å². The standard InChI is InChI=1S/C12H19NS/c1-9-5-3-6-11(9)13-10(2)12-7-4-8-14-12/h4,7-11,13H,3,5-6H2,1-2H3. The SMILES string of the molecule is CC(NC1CCCC1C)c1cccs1. The Labute approximate surface area is 90.5 Å². The molecule has 0 radical (unpaired) electrons. The van der Waals surface area contributed by atoms with Gasteiger partial charge in [-0.1, -0.05) is 19.4 Å². The van der Waals surface area contributed by atoms with Gasteiger partial charge >= 0.3 is 0 Å². The van der Waals surface area contributed by atoms with E-state index in [0.29, 0.717) is 6.04 Å². The molecule has 14 heavy (non-hydrogen) atoms.